The second-order valence-electron chi connectivity index (χ2n) is 3.19. The summed E-state index contributed by atoms with van der Waals surface area (Å²) in [5, 5.41) is 10.8. The SMILES string of the molecule is OC(c1cc(Br)c(Br)s1)c1ccccc1Cl. The standard InChI is InChI=1S/C11H7Br2ClOS/c12-7-5-9(16-11(7)13)10(15)6-3-1-2-4-8(6)14/h1-5,10,15H. The minimum atomic E-state index is -0.679. The van der Waals surface area contributed by atoms with Gasteiger partial charge in [-0.05, 0) is 44.0 Å². The molecule has 1 aromatic carbocycles. The van der Waals surface area contributed by atoms with E-state index in [1.54, 1.807) is 6.07 Å². The van der Waals surface area contributed by atoms with Gasteiger partial charge in [0.05, 0.1) is 3.79 Å². The lowest BCUT2D eigenvalue weighted by atomic mass is 10.1. The van der Waals surface area contributed by atoms with E-state index in [1.807, 2.05) is 24.3 Å². The van der Waals surface area contributed by atoms with Crippen LogP contribution in [0.25, 0.3) is 0 Å². The number of hydrogen-bond donors (Lipinski definition) is 1. The van der Waals surface area contributed by atoms with Gasteiger partial charge in [0, 0.05) is 19.9 Å². The summed E-state index contributed by atoms with van der Waals surface area (Å²) >= 11 is 14.3. The van der Waals surface area contributed by atoms with E-state index in [-0.39, 0.29) is 0 Å². The molecule has 1 heterocycles. The molecule has 0 saturated carbocycles. The highest BCUT2D eigenvalue weighted by molar-refractivity contribution is 9.13. The molecule has 0 fully saturated rings. The first-order valence-electron chi connectivity index (χ1n) is 4.47. The Kier molecular flexibility index (Phi) is 4.08. The summed E-state index contributed by atoms with van der Waals surface area (Å²) in [6, 6.07) is 9.20. The summed E-state index contributed by atoms with van der Waals surface area (Å²) in [5.41, 5.74) is 0.727. The Morgan fingerprint density at radius 1 is 1.25 bits per heavy atom. The number of thiophene rings is 1. The van der Waals surface area contributed by atoms with E-state index in [9.17, 15) is 5.11 Å². The van der Waals surface area contributed by atoms with Gasteiger partial charge in [0.15, 0.2) is 0 Å². The predicted octanol–water partition coefficient (Wildman–Crippen LogP) is 5.01. The number of halogens is 3. The number of aliphatic hydroxyl groups is 1. The van der Waals surface area contributed by atoms with Crippen molar-refractivity contribution in [1.29, 1.82) is 0 Å². The van der Waals surface area contributed by atoms with Crippen molar-refractivity contribution in [2.45, 2.75) is 6.10 Å². The molecule has 2 rings (SSSR count). The van der Waals surface area contributed by atoms with E-state index in [2.05, 4.69) is 31.9 Å². The van der Waals surface area contributed by atoms with Crippen molar-refractivity contribution >= 4 is 54.8 Å². The largest absolute Gasteiger partial charge is 0.383 e. The summed E-state index contributed by atoms with van der Waals surface area (Å²) in [4.78, 5) is 0.854. The van der Waals surface area contributed by atoms with Crippen molar-refractivity contribution in [2.75, 3.05) is 0 Å². The molecule has 1 N–H and O–H groups in total. The van der Waals surface area contributed by atoms with E-state index in [0.29, 0.717) is 5.02 Å². The van der Waals surface area contributed by atoms with Crippen LogP contribution in [0.1, 0.15) is 16.5 Å². The quantitative estimate of drug-likeness (QED) is 0.774. The molecule has 5 heteroatoms. The van der Waals surface area contributed by atoms with Gasteiger partial charge in [0.25, 0.3) is 0 Å². The van der Waals surface area contributed by atoms with Gasteiger partial charge in [0.1, 0.15) is 6.10 Å². The average Bonchev–Trinajstić information content (AvgIpc) is 2.59. The van der Waals surface area contributed by atoms with Crippen molar-refractivity contribution in [3.63, 3.8) is 0 Å². The zero-order valence-electron chi connectivity index (χ0n) is 7.95. The third kappa shape index (κ3) is 2.51. The molecule has 0 amide bonds. The highest BCUT2D eigenvalue weighted by Crippen LogP contribution is 2.38. The number of hydrogen-bond acceptors (Lipinski definition) is 2. The first kappa shape index (κ1) is 12.6. The van der Waals surface area contributed by atoms with Gasteiger partial charge < -0.3 is 5.11 Å². The van der Waals surface area contributed by atoms with E-state index in [1.165, 1.54) is 11.3 Å². The molecule has 1 unspecified atom stereocenters. The van der Waals surface area contributed by atoms with Gasteiger partial charge in [-0.15, -0.1) is 11.3 Å². The van der Waals surface area contributed by atoms with Gasteiger partial charge >= 0.3 is 0 Å². The van der Waals surface area contributed by atoms with E-state index >= 15 is 0 Å². The Hall–Kier alpha value is 0.130. The molecular weight excluding hydrogens is 375 g/mol. The lowest BCUT2D eigenvalue weighted by Gasteiger charge is -2.10. The van der Waals surface area contributed by atoms with Crippen molar-refractivity contribution in [3.8, 4) is 0 Å². The van der Waals surface area contributed by atoms with E-state index in [0.717, 1.165) is 18.7 Å². The van der Waals surface area contributed by atoms with Crippen molar-refractivity contribution < 1.29 is 5.11 Å². The second kappa shape index (κ2) is 5.19. The Labute approximate surface area is 119 Å². The van der Waals surface area contributed by atoms with E-state index < -0.39 is 6.10 Å². The molecule has 1 nitrogen and oxygen atoms in total. The maximum Gasteiger partial charge on any atom is 0.115 e. The van der Waals surface area contributed by atoms with E-state index in [4.69, 9.17) is 11.6 Å². The summed E-state index contributed by atoms with van der Waals surface area (Å²) in [7, 11) is 0. The lowest BCUT2D eigenvalue weighted by molar-refractivity contribution is 0.224. The molecule has 0 radical (unpaired) electrons. The Bertz CT molecular complexity index is 493. The molecular formula is C11H7Br2ClOS. The molecule has 0 spiro atoms. The summed E-state index contributed by atoms with van der Waals surface area (Å²) in [5.74, 6) is 0. The molecule has 2 aromatic rings. The third-order valence-corrected chi connectivity index (χ3v) is 5.79. The smallest absolute Gasteiger partial charge is 0.115 e. The predicted molar refractivity (Wildman–Crippen MR) is 75.2 cm³/mol. The first-order chi connectivity index (χ1) is 7.59. The average molecular weight is 383 g/mol. The fraction of sp³-hybridized carbons (Fsp3) is 0.0909. The Balaban J connectivity index is 2.39. The van der Waals surface area contributed by atoms with Crippen molar-refractivity contribution in [2.24, 2.45) is 0 Å². The van der Waals surface area contributed by atoms with Crippen LogP contribution in [0.15, 0.2) is 38.6 Å². The van der Waals surface area contributed by atoms with Crippen LogP contribution < -0.4 is 0 Å². The molecule has 1 aromatic heterocycles. The van der Waals surface area contributed by atoms with Crippen LogP contribution in [0.3, 0.4) is 0 Å². The zero-order valence-corrected chi connectivity index (χ0v) is 12.7. The monoisotopic (exact) mass is 380 g/mol. The Morgan fingerprint density at radius 3 is 2.50 bits per heavy atom. The lowest BCUT2D eigenvalue weighted by Crippen LogP contribution is -1.97. The molecule has 0 aliphatic rings. The zero-order chi connectivity index (χ0) is 11.7. The van der Waals surface area contributed by atoms with Crippen LogP contribution in [-0.4, -0.2) is 5.11 Å². The fourth-order valence-corrected chi connectivity index (χ4v) is 3.68. The molecule has 0 saturated heterocycles. The molecule has 0 aliphatic heterocycles. The van der Waals surface area contributed by atoms with Gasteiger partial charge in [-0.1, -0.05) is 29.8 Å². The van der Waals surface area contributed by atoms with Gasteiger partial charge in [0.2, 0.25) is 0 Å². The minimum absolute atomic E-state index is 0.579. The summed E-state index contributed by atoms with van der Waals surface area (Å²) < 4.78 is 1.91. The molecule has 0 bridgehead atoms. The summed E-state index contributed by atoms with van der Waals surface area (Å²) in [6.07, 6.45) is -0.679. The van der Waals surface area contributed by atoms with Gasteiger partial charge in [-0.25, -0.2) is 0 Å². The third-order valence-electron chi connectivity index (χ3n) is 2.13. The van der Waals surface area contributed by atoms with Crippen LogP contribution >= 0.6 is 54.8 Å². The molecule has 84 valence electrons. The normalized spacial score (nSPS) is 12.8. The van der Waals surface area contributed by atoms with Crippen LogP contribution in [0.5, 0.6) is 0 Å². The highest BCUT2D eigenvalue weighted by Gasteiger charge is 2.17. The topological polar surface area (TPSA) is 20.2 Å². The maximum absolute atomic E-state index is 10.2. The van der Waals surface area contributed by atoms with Crippen LogP contribution in [0.2, 0.25) is 5.02 Å². The van der Waals surface area contributed by atoms with Crippen molar-refractivity contribution in [1.82, 2.24) is 0 Å². The van der Waals surface area contributed by atoms with Crippen molar-refractivity contribution in [3.05, 3.63) is 54.1 Å². The molecule has 0 aliphatic carbocycles. The highest BCUT2D eigenvalue weighted by atomic mass is 79.9. The number of aliphatic hydroxyl groups excluding tert-OH is 1. The van der Waals surface area contributed by atoms with Crippen LogP contribution in [-0.2, 0) is 0 Å². The first-order valence-corrected chi connectivity index (χ1v) is 7.25. The minimum Gasteiger partial charge on any atom is -0.383 e. The Morgan fingerprint density at radius 2 is 1.94 bits per heavy atom. The molecule has 1 atom stereocenters. The summed E-state index contributed by atoms with van der Waals surface area (Å²) in [6.45, 7) is 0. The second-order valence-corrected chi connectivity index (χ2v) is 6.86. The van der Waals surface area contributed by atoms with Gasteiger partial charge in [-0.3, -0.25) is 0 Å². The van der Waals surface area contributed by atoms with Crippen LogP contribution in [0, 0.1) is 0 Å². The number of benzene rings is 1. The maximum atomic E-state index is 10.2. The molecule has 16 heavy (non-hydrogen) atoms. The van der Waals surface area contributed by atoms with Crippen LogP contribution in [0.4, 0.5) is 0 Å². The number of rotatable bonds is 2. The fourth-order valence-electron chi connectivity index (χ4n) is 1.35. The van der Waals surface area contributed by atoms with Gasteiger partial charge in [-0.2, -0.15) is 0 Å².